The van der Waals surface area contributed by atoms with E-state index in [4.69, 9.17) is 0 Å². The molecule has 7 nitrogen and oxygen atoms in total. The van der Waals surface area contributed by atoms with Crippen LogP contribution < -0.4 is 20.9 Å². The second kappa shape index (κ2) is 9.61. The van der Waals surface area contributed by atoms with E-state index in [9.17, 15) is 18.8 Å². The molecule has 1 unspecified atom stereocenters. The van der Waals surface area contributed by atoms with Gasteiger partial charge in [0.15, 0.2) is 13.1 Å². The van der Waals surface area contributed by atoms with Gasteiger partial charge in [-0.1, -0.05) is 6.92 Å². The van der Waals surface area contributed by atoms with E-state index >= 15 is 0 Å². The van der Waals surface area contributed by atoms with Crippen LogP contribution in [0.3, 0.4) is 0 Å². The molecule has 1 rings (SSSR count). The third-order valence-corrected chi connectivity index (χ3v) is 3.30. The average molecular weight is 339 g/mol. The molecule has 0 saturated carbocycles. The number of urea groups is 1. The Balaban J connectivity index is 2.35. The summed E-state index contributed by atoms with van der Waals surface area (Å²) < 4.78 is 12.8. The van der Waals surface area contributed by atoms with Crippen LogP contribution >= 0.6 is 0 Å². The Labute approximate surface area is 140 Å². The number of benzene rings is 1. The van der Waals surface area contributed by atoms with E-state index < -0.39 is 11.9 Å². The number of rotatable bonds is 7. The van der Waals surface area contributed by atoms with Gasteiger partial charge in [0.1, 0.15) is 5.82 Å². The molecule has 4 N–H and O–H groups in total. The van der Waals surface area contributed by atoms with Crippen molar-refractivity contribution in [2.75, 3.05) is 25.5 Å². The predicted molar refractivity (Wildman–Crippen MR) is 88.1 cm³/mol. The lowest BCUT2D eigenvalue weighted by atomic mass is 10.3. The van der Waals surface area contributed by atoms with Crippen molar-refractivity contribution in [2.45, 2.75) is 26.3 Å². The zero-order valence-electron chi connectivity index (χ0n) is 14.1. The topological polar surface area (TPSA) is 91.7 Å². The van der Waals surface area contributed by atoms with Gasteiger partial charge in [-0.25, -0.2) is 9.18 Å². The maximum atomic E-state index is 12.8. The van der Waals surface area contributed by atoms with Gasteiger partial charge in [-0.3, -0.25) is 14.9 Å². The molecule has 4 amide bonds. The van der Waals surface area contributed by atoms with Crippen LogP contribution in [0.5, 0.6) is 0 Å². The molecule has 0 aromatic heterocycles. The Morgan fingerprint density at radius 1 is 1.12 bits per heavy atom. The van der Waals surface area contributed by atoms with E-state index in [1.807, 2.05) is 13.8 Å². The Kier molecular flexibility index (Phi) is 7.84. The number of hydrogen-bond acceptors (Lipinski definition) is 3. The fourth-order valence-corrected chi connectivity index (χ4v) is 1.88. The molecule has 0 bridgehead atoms. The summed E-state index contributed by atoms with van der Waals surface area (Å²) in [6.45, 7) is 3.77. The molecule has 0 heterocycles. The lowest BCUT2D eigenvalue weighted by molar-refractivity contribution is -0.862. The lowest BCUT2D eigenvalue weighted by Gasteiger charge is -2.15. The SMILES string of the molecule is CC[C@H](C)NC(=O)NC(=O)C[NH+](C)CC(=O)Nc1ccc(F)cc1. The normalized spacial score (nSPS) is 12.8. The maximum Gasteiger partial charge on any atom is 0.321 e. The predicted octanol–water partition coefficient (Wildman–Crippen LogP) is -0.0968. The second-order valence-corrected chi connectivity index (χ2v) is 5.70. The molecule has 1 aromatic rings. The van der Waals surface area contributed by atoms with Crippen molar-refractivity contribution in [3.8, 4) is 0 Å². The second-order valence-electron chi connectivity index (χ2n) is 5.70. The average Bonchev–Trinajstić information content (AvgIpc) is 2.48. The van der Waals surface area contributed by atoms with Gasteiger partial charge >= 0.3 is 6.03 Å². The number of quaternary nitrogens is 1. The highest BCUT2D eigenvalue weighted by atomic mass is 19.1. The van der Waals surface area contributed by atoms with Crippen LogP contribution in [0.15, 0.2) is 24.3 Å². The molecule has 0 spiro atoms. The van der Waals surface area contributed by atoms with E-state index in [0.717, 1.165) is 6.42 Å². The van der Waals surface area contributed by atoms with Gasteiger partial charge in [0, 0.05) is 11.7 Å². The molecule has 8 heteroatoms. The summed E-state index contributed by atoms with van der Waals surface area (Å²) in [6.07, 6.45) is 0.760. The molecule has 132 valence electrons. The van der Waals surface area contributed by atoms with E-state index in [2.05, 4.69) is 16.0 Å². The Morgan fingerprint density at radius 3 is 2.29 bits per heavy atom. The minimum atomic E-state index is -0.544. The smallest absolute Gasteiger partial charge is 0.321 e. The molecule has 0 radical (unpaired) electrons. The van der Waals surface area contributed by atoms with Crippen molar-refractivity contribution in [1.29, 1.82) is 0 Å². The molecule has 24 heavy (non-hydrogen) atoms. The first-order valence-corrected chi connectivity index (χ1v) is 7.77. The number of carbonyl (C=O) groups is 3. The van der Waals surface area contributed by atoms with E-state index in [-0.39, 0.29) is 30.9 Å². The van der Waals surface area contributed by atoms with Gasteiger partial charge < -0.3 is 15.5 Å². The summed E-state index contributed by atoms with van der Waals surface area (Å²) in [4.78, 5) is 35.8. The van der Waals surface area contributed by atoms with Gasteiger partial charge in [0.25, 0.3) is 11.8 Å². The van der Waals surface area contributed by atoms with Crippen molar-refractivity contribution < 1.29 is 23.7 Å². The summed E-state index contributed by atoms with van der Waals surface area (Å²) in [5.41, 5.74) is 0.478. The highest BCUT2D eigenvalue weighted by molar-refractivity contribution is 5.95. The number of imide groups is 1. The van der Waals surface area contributed by atoms with E-state index in [0.29, 0.717) is 10.6 Å². The maximum absolute atomic E-state index is 12.8. The van der Waals surface area contributed by atoms with Crippen LogP contribution in [0.25, 0.3) is 0 Å². The quantitative estimate of drug-likeness (QED) is 0.559. The van der Waals surface area contributed by atoms with E-state index in [1.165, 1.54) is 24.3 Å². The Hall–Kier alpha value is -2.48. The number of nitrogens with one attached hydrogen (secondary N) is 4. The van der Waals surface area contributed by atoms with E-state index in [1.54, 1.807) is 7.05 Å². The highest BCUT2D eigenvalue weighted by Gasteiger charge is 2.16. The van der Waals surface area contributed by atoms with Crippen molar-refractivity contribution in [3.05, 3.63) is 30.1 Å². The van der Waals surface area contributed by atoms with Crippen LogP contribution in [0.1, 0.15) is 20.3 Å². The molecule has 0 aliphatic rings. The molecular formula is C16H24FN4O3+. The van der Waals surface area contributed by atoms with Crippen molar-refractivity contribution in [1.82, 2.24) is 10.6 Å². The fourth-order valence-electron chi connectivity index (χ4n) is 1.88. The van der Waals surface area contributed by atoms with Crippen LogP contribution in [-0.4, -0.2) is 44.0 Å². The monoisotopic (exact) mass is 339 g/mol. The molecule has 0 fully saturated rings. The molecule has 2 atom stereocenters. The molecule has 0 aliphatic heterocycles. The Bertz CT molecular complexity index is 577. The zero-order valence-corrected chi connectivity index (χ0v) is 14.1. The molecule has 1 aromatic carbocycles. The van der Waals surface area contributed by atoms with Crippen molar-refractivity contribution >= 4 is 23.5 Å². The first-order valence-electron chi connectivity index (χ1n) is 7.77. The standard InChI is InChI=1S/C16H23FN4O3/c1-4-11(2)18-16(24)20-15(23)10-21(3)9-14(22)19-13-7-5-12(17)6-8-13/h5-8,11H,4,9-10H2,1-3H3,(H,19,22)(H2,18,20,23,24)/p+1/t11-/m0/s1. The summed E-state index contributed by atoms with van der Waals surface area (Å²) >= 11 is 0. The summed E-state index contributed by atoms with van der Waals surface area (Å²) in [6, 6.07) is 4.83. The first kappa shape index (κ1) is 19.6. The number of likely N-dealkylation sites (N-methyl/N-ethyl adjacent to an activating group) is 1. The first-order chi connectivity index (χ1) is 11.3. The largest absolute Gasteiger partial charge is 0.335 e. The minimum absolute atomic E-state index is 0.0231. The lowest BCUT2D eigenvalue weighted by Crippen LogP contribution is -3.11. The Morgan fingerprint density at radius 2 is 1.71 bits per heavy atom. The fraction of sp³-hybridized carbons (Fsp3) is 0.438. The van der Waals surface area contributed by atoms with Crippen molar-refractivity contribution in [3.63, 3.8) is 0 Å². The zero-order chi connectivity index (χ0) is 18.1. The third kappa shape index (κ3) is 7.68. The number of carbonyl (C=O) groups excluding carboxylic acids is 3. The van der Waals surface area contributed by atoms with Crippen LogP contribution in [0, 0.1) is 5.82 Å². The third-order valence-electron chi connectivity index (χ3n) is 3.30. The summed E-state index contributed by atoms with van der Waals surface area (Å²) in [5.74, 6) is -1.16. The van der Waals surface area contributed by atoms with Crippen LogP contribution in [0.2, 0.25) is 0 Å². The highest BCUT2D eigenvalue weighted by Crippen LogP contribution is 2.07. The van der Waals surface area contributed by atoms with Gasteiger partial charge in [0.2, 0.25) is 0 Å². The minimum Gasteiger partial charge on any atom is -0.335 e. The summed E-state index contributed by atoms with van der Waals surface area (Å²) in [7, 11) is 1.66. The van der Waals surface area contributed by atoms with Gasteiger partial charge in [0.05, 0.1) is 7.05 Å². The van der Waals surface area contributed by atoms with Gasteiger partial charge in [-0.2, -0.15) is 0 Å². The molecule has 0 saturated heterocycles. The van der Waals surface area contributed by atoms with Crippen LogP contribution in [0.4, 0.5) is 14.9 Å². The number of hydrogen-bond donors (Lipinski definition) is 4. The number of amides is 4. The van der Waals surface area contributed by atoms with Crippen molar-refractivity contribution in [2.24, 2.45) is 0 Å². The number of halogens is 1. The summed E-state index contributed by atoms with van der Waals surface area (Å²) in [5, 5.41) is 7.45. The number of anilines is 1. The molecular weight excluding hydrogens is 315 g/mol. The van der Waals surface area contributed by atoms with Gasteiger partial charge in [-0.05, 0) is 37.6 Å². The van der Waals surface area contributed by atoms with Gasteiger partial charge in [-0.15, -0.1) is 0 Å². The molecule has 0 aliphatic carbocycles. The van der Waals surface area contributed by atoms with Crippen LogP contribution in [-0.2, 0) is 9.59 Å².